The molecule has 0 radical (unpaired) electrons. The lowest BCUT2D eigenvalue weighted by atomic mass is 9.98. The Bertz CT molecular complexity index is 560. The Labute approximate surface area is 114 Å². The van der Waals surface area contributed by atoms with Gasteiger partial charge in [0, 0.05) is 13.0 Å². The van der Waals surface area contributed by atoms with Gasteiger partial charge in [0.2, 0.25) is 11.8 Å². The number of phenols is 1. The van der Waals surface area contributed by atoms with E-state index in [1.807, 2.05) is 0 Å². The lowest BCUT2D eigenvalue weighted by Crippen LogP contribution is -2.40. The summed E-state index contributed by atoms with van der Waals surface area (Å²) in [5.41, 5.74) is -0.230. The molecule has 1 saturated heterocycles. The number of hydrogen-bond donors (Lipinski definition) is 4. The zero-order valence-electron chi connectivity index (χ0n) is 10.5. The molecule has 1 heterocycles. The van der Waals surface area contributed by atoms with Gasteiger partial charge in [-0.25, -0.2) is 4.79 Å². The van der Waals surface area contributed by atoms with Crippen molar-refractivity contribution in [1.29, 1.82) is 0 Å². The molecule has 1 aromatic rings. The van der Waals surface area contributed by atoms with Crippen LogP contribution in [-0.4, -0.2) is 34.5 Å². The minimum absolute atomic E-state index is 0.0480. The van der Waals surface area contributed by atoms with Gasteiger partial charge in [-0.1, -0.05) is 6.07 Å². The smallest absolute Gasteiger partial charge is 0.339 e. The fourth-order valence-corrected chi connectivity index (χ4v) is 2.01. The van der Waals surface area contributed by atoms with Crippen LogP contribution in [0.1, 0.15) is 23.2 Å². The normalized spacial score (nSPS) is 18.2. The van der Waals surface area contributed by atoms with E-state index in [1.54, 1.807) is 0 Å². The molecule has 20 heavy (non-hydrogen) atoms. The maximum atomic E-state index is 12.0. The molecule has 7 nitrogen and oxygen atoms in total. The molecule has 2 rings (SSSR count). The molecular weight excluding hydrogens is 264 g/mol. The lowest BCUT2D eigenvalue weighted by molar-refractivity contribution is -0.126. The molecule has 0 spiro atoms. The van der Waals surface area contributed by atoms with E-state index in [0.29, 0.717) is 6.42 Å². The van der Waals surface area contributed by atoms with Gasteiger partial charge in [0.1, 0.15) is 5.56 Å². The Balaban J connectivity index is 2.10. The maximum Gasteiger partial charge on any atom is 0.339 e. The summed E-state index contributed by atoms with van der Waals surface area (Å²) in [4.78, 5) is 33.9. The van der Waals surface area contributed by atoms with Crippen molar-refractivity contribution in [2.75, 3.05) is 11.9 Å². The minimum atomic E-state index is -1.27. The molecule has 0 aromatic heterocycles. The van der Waals surface area contributed by atoms with Crippen LogP contribution in [0.25, 0.3) is 0 Å². The van der Waals surface area contributed by atoms with Crippen LogP contribution in [-0.2, 0) is 9.59 Å². The van der Waals surface area contributed by atoms with E-state index in [-0.39, 0.29) is 41.9 Å². The van der Waals surface area contributed by atoms with E-state index in [9.17, 15) is 19.5 Å². The van der Waals surface area contributed by atoms with Crippen LogP contribution in [0, 0.1) is 5.92 Å². The molecule has 106 valence electrons. The van der Waals surface area contributed by atoms with Crippen LogP contribution in [0.5, 0.6) is 5.75 Å². The highest BCUT2D eigenvalue weighted by Crippen LogP contribution is 2.28. The summed E-state index contributed by atoms with van der Waals surface area (Å²) < 4.78 is 0. The number of para-hydroxylation sites is 1. The van der Waals surface area contributed by atoms with E-state index in [2.05, 4.69) is 10.6 Å². The fraction of sp³-hybridized carbons (Fsp3) is 0.308. The van der Waals surface area contributed by atoms with E-state index >= 15 is 0 Å². The quantitative estimate of drug-likeness (QED) is 0.603. The number of benzene rings is 1. The van der Waals surface area contributed by atoms with Gasteiger partial charge < -0.3 is 20.8 Å². The van der Waals surface area contributed by atoms with E-state index in [4.69, 9.17) is 5.11 Å². The second kappa shape index (κ2) is 5.60. The van der Waals surface area contributed by atoms with Crippen molar-refractivity contribution in [3.05, 3.63) is 23.8 Å². The number of carboxylic acid groups (broad SMARTS) is 1. The summed E-state index contributed by atoms with van der Waals surface area (Å²) in [6, 6.07) is 4.09. The van der Waals surface area contributed by atoms with Crippen molar-refractivity contribution in [1.82, 2.24) is 5.32 Å². The first kappa shape index (κ1) is 13.9. The number of carboxylic acids is 1. The third-order valence-corrected chi connectivity index (χ3v) is 3.16. The largest absolute Gasteiger partial charge is 0.505 e. The zero-order chi connectivity index (χ0) is 14.7. The molecule has 2 amide bonds. The minimum Gasteiger partial charge on any atom is -0.505 e. The Hall–Kier alpha value is -2.57. The van der Waals surface area contributed by atoms with E-state index < -0.39 is 11.7 Å². The first-order valence-electron chi connectivity index (χ1n) is 6.12. The van der Waals surface area contributed by atoms with Gasteiger partial charge in [-0.15, -0.1) is 0 Å². The maximum absolute atomic E-state index is 12.0. The highest BCUT2D eigenvalue weighted by molar-refractivity contribution is 5.99. The van der Waals surface area contributed by atoms with Gasteiger partial charge in [0.25, 0.3) is 0 Å². The summed E-state index contributed by atoms with van der Waals surface area (Å²) >= 11 is 0. The van der Waals surface area contributed by atoms with Crippen LogP contribution >= 0.6 is 0 Å². The summed E-state index contributed by atoms with van der Waals surface area (Å²) in [6.45, 7) is 0.240. The average Bonchev–Trinajstić information content (AvgIpc) is 2.41. The number of amides is 2. The van der Waals surface area contributed by atoms with Crippen LogP contribution in [0.3, 0.4) is 0 Å². The van der Waals surface area contributed by atoms with Gasteiger partial charge in [-0.2, -0.15) is 0 Å². The van der Waals surface area contributed by atoms with Gasteiger partial charge in [-0.3, -0.25) is 9.59 Å². The van der Waals surface area contributed by atoms with Crippen molar-refractivity contribution in [2.24, 2.45) is 5.92 Å². The monoisotopic (exact) mass is 278 g/mol. The Morgan fingerprint density at radius 2 is 2.10 bits per heavy atom. The predicted octanol–water partition coefficient (Wildman–Crippen LogP) is 0.555. The predicted molar refractivity (Wildman–Crippen MR) is 69.4 cm³/mol. The van der Waals surface area contributed by atoms with Crippen molar-refractivity contribution >= 4 is 23.5 Å². The summed E-state index contributed by atoms with van der Waals surface area (Å²) in [7, 11) is 0. The van der Waals surface area contributed by atoms with Crippen LogP contribution in [0.2, 0.25) is 0 Å². The summed E-state index contributed by atoms with van der Waals surface area (Å²) in [5.74, 6) is -2.59. The molecule has 1 unspecified atom stereocenters. The number of hydrogen-bond acceptors (Lipinski definition) is 4. The number of rotatable bonds is 3. The molecule has 0 saturated carbocycles. The fourth-order valence-electron chi connectivity index (χ4n) is 2.01. The van der Waals surface area contributed by atoms with Crippen LogP contribution in [0.4, 0.5) is 5.69 Å². The number of carbonyl (C=O) groups excluding carboxylic acids is 2. The highest BCUT2D eigenvalue weighted by atomic mass is 16.4. The molecule has 1 fully saturated rings. The van der Waals surface area contributed by atoms with Crippen molar-refractivity contribution < 1.29 is 24.6 Å². The second-order valence-electron chi connectivity index (χ2n) is 4.54. The van der Waals surface area contributed by atoms with Crippen molar-refractivity contribution in [3.8, 4) is 5.75 Å². The number of aromatic carboxylic acids is 1. The Morgan fingerprint density at radius 1 is 1.35 bits per heavy atom. The highest BCUT2D eigenvalue weighted by Gasteiger charge is 2.25. The number of aromatic hydroxyl groups is 1. The van der Waals surface area contributed by atoms with E-state index in [1.165, 1.54) is 18.2 Å². The van der Waals surface area contributed by atoms with Gasteiger partial charge in [0.15, 0.2) is 5.75 Å². The first-order valence-corrected chi connectivity index (χ1v) is 6.12. The number of nitrogens with one attached hydrogen (secondary N) is 2. The van der Waals surface area contributed by atoms with Gasteiger partial charge >= 0.3 is 5.97 Å². The SMILES string of the molecule is O=C1CCC(C(=O)Nc2cccc(C(=O)O)c2O)CN1. The average molecular weight is 278 g/mol. The third kappa shape index (κ3) is 2.87. The second-order valence-corrected chi connectivity index (χ2v) is 4.54. The van der Waals surface area contributed by atoms with Crippen molar-refractivity contribution in [2.45, 2.75) is 12.8 Å². The van der Waals surface area contributed by atoms with Crippen molar-refractivity contribution in [3.63, 3.8) is 0 Å². The molecular formula is C13H14N2O5. The molecule has 0 bridgehead atoms. The third-order valence-electron chi connectivity index (χ3n) is 3.16. The summed E-state index contributed by atoms with van der Waals surface area (Å²) in [6.07, 6.45) is 0.705. The lowest BCUT2D eigenvalue weighted by Gasteiger charge is -2.21. The standard InChI is InChI=1S/C13H14N2O5/c16-10-5-4-7(6-14-10)12(18)15-9-3-1-2-8(11(9)17)13(19)20/h1-3,7,17H,4-6H2,(H,14,16)(H,15,18)(H,19,20). The topological polar surface area (TPSA) is 116 Å². The van der Waals surface area contributed by atoms with Gasteiger partial charge in [-0.05, 0) is 18.6 Å². The molecule has 0 aliphatic carbocycles. The number of piperidine rings is 1. The van der Waals surface area contributed by atoms with E-state index in [0.717, 1.165) is 0 Å². The molecule has 1 aromatic carbocycles. The molecule has 7 heteroatoms. The van der Waals surface area contributed by atoms with Gasteiger partial charge in [0.05, 0.1) is 11.6 Å². The Kier molecular flexibility index (Phi) is 3.88. The molecule has 1 atom stereocenters. The van der Waals surface area contributed by atoms with Crippen LogP contribution < -0.4 is 10.6 Å². The molecule has 1 aliphatic heterocycles. The molecule has 1 aliphatic rings. The first-order chi connectivity index (χ1) is 9.49. The molecule has 4 N–H and O–H groups in total. The Morgan fingerprint density at radius 3 is 2.70 bits per heavy atom. The zero-order valence-corrected chi connectivity index (χ0v) is 10.5. The number of anilines is 1. The number of carbonyl (C=O) groups is 3. The van der Waals surface area contributed by atoms with Crippen LogP contribution in [0.15, 0.2) is 18.2 Å². The summed E-state index contributed by atoms with van der Waals surface area (Å²) in [5, 5.41) is 23.7.